The molecular weight excluding hydrogens is 260 g/mol. The molecule has 0 spiro atoms. The second kappa shape index (κ2) is 6.29. The van der Waals surface area contributed by atoms with E-state index in [9.17, 15) is 4.79 Å². The summed E-state index contributed by atoms with van der Waals surface area (Å²) in [4.78, 5) is 21.9. The number of carbonyl (C=O) groups is 1. The van der Waals surface area contributed by atoms with E-state index in [2.05, 4.69) is 20.4 Å². The van der Waals surface area contributed by atoms with Gasteiger partial charge in [0.25, 0.3) is 5.78 Å². The van der Waals surface area contributed by atoms with Crippen molar-refractivity contribution in [2.45, 2.75) is 6.92 Å². The van der Waals surface area contributed by atoms with Crippen LogP contribution in [0.2, 0.25) is 0 Å². The highest BCUT2D eigenvalue weighted by atomic mass is 16.5. The van der Waals surface area contributed by atoms with Crippen LogP contribution in [0.5, 0.6) is 0 Å². The van der Waals surface area contributed by atoms with Gasteiger partial charge < -0.3 is 15.0 Å². The number of ether oxygens (including phenoxy) is 1. The molecule has 0 fully saturated rings. The van der Waals surface area contributed by atoms with Gasteiger partial charge in [0.15, 0.2) is 0 Å². The fourth-order valence-electron chi connectivity index (χ4n) is 1.83. The number of anilines is 1. The molecule has 8 heteroatoms. The first-order chi connectivity index (χ1) is 9.61. The molecule has 2 aromatic heterocycles. The number of nitrogens with one attached hydrogen (secondary N) is 1. The van der Waals surface area contributed by atoms with Crippen LogP contribution in [-0.2, 0) is 9.53 Å². The van der Waals surface area contributed by atoms with Gasteiger partial charge in [-0.05, 0) is 6.92 Å². The fraction of sp³-hybridized carbons (Fsp3) is 0.500. The van der Waals surface area contributed by atoms with Crippen LogP contribution in [0.15, 0.2) is 12.4 Å². The molecule has 8 nitrogen and oxygen atoms in total. The van der Waals surface area contributed by atoms with Gasteiger partial charge in [-0.25, -0.2) is 4.98 Å². The SMILES string of the molecule is COCCNC(=O)CN(C)c1cc(C)nc2ncnn12. The molecule has 2 heterocycles. The van der Waals surface area contributed by atoms with E-state index in [1.54, 1.807) is 16.5 Å². The molecule has 0 aliphatic carbocycles. The molecule has 0 bridgehead atoms. The van der Waals surface area contributed by atoms with Crippen LogP contribution in [0.1, 0.15) is 5.69 Å². The van der Waals surface area contributed by atoms with Crippen LogP contribution in [0.4, 0.5) is 5.82 Å². The van der Waals surface area contributed by atoms with Crippen molar-refractivity contribution in [3.63, 3.8) is 0 Å². The number of methoxy groups -OCH3 is 1. The van der Waals surface area contributed by atoms with E-state index < -0.39 is 0 Å². The first-order valence-corrected chi connectivity index (χ1v) is 6.26. The molecule has 1 N–H and O–H groups in total. The summed E-state index contributed by atoms with van der Waals surface area (Å²) in [5.41, 5.74) is 0.826. The van der Waals surface area contributed by atoms with Gasteiger partial charge in [-0.15, -0.1) is 0 Å². The van der Waals surface area contributed by atoms with Gasteiger partial charge in [0, 0.05) is 32.5 Å². The lowest BCUT2D eigenvalue weighted by molar-refractivity contribution is -0.119. The molecule has 0 radical (unpaired) electrons. The number of fused-ring (bicyclic) bond motifs is 1. The normalized spacial score (nSPS) is 10.8. The van der Waals surface area contributed by atoms with Crippen molar-refractivity contribution in [2.24, 2.45) is 0 Å². The van der Waals surface area contributed by atoms with Gasteiger partial charge in [-0.2, -0.15) is 14.6 Å². The Morgan fingerprint density at radius 2 is 2.35 bits per heavy atom. The number of nitrogens with zero attached hydrogens (tertiary/aromatic N) is 5. The Balaban J connectivity index is 2.09. The molecule has 2 aromatic rings. The van der Waals surface area contributed by atoms with E-state index in [1.807, 2.05) is 20.0 Å². The third kappa shape index (κ3) is 3.21. The van der Waals surface area contributed by atoms with E-state index in [-0.39, 0.29) is 12.5 Å². The van der Waals surface area contributed by atoms with E-state index in [0.29, 0.717) is 18.9 Å². The number of aryl methyl sites for hydroxylation is 1. The highest BCUT2D eigenvalue weighted by Gasteiger charge is 2.12. The first-order valence-electron chi connectivity index (χ1n) is 6.26. The lowest BCUT2D eigenvalue weighted by Crippen LogP contribution is -2.37. The van der Waals surface area contributed by atoms with Gasteiger partial charge in [-0.3, -0.25) is 4.79 Å². The van der Waals surface area contributed by atoms with Crippen molar-refractivity contribution in [1.82, 2.24) is 24.9 Å². The van der Waals surface area contributed by atoms with Crippen LogP contribution in [0, 0.1) is 6.92 Å². The largest absolute Gasteiger partial charge is 0.383 e. The summed E-state index contributed by atoms with van der Waals surface area (Å²) in [7, 11) is 3.42. The minimum absolute atomic E-state index is 0.0766. The van der Waals surface area contributed by atoms with Gasteiger partial charge in [-0.1, -0.05) is 0 Å². The van der Waals surface area contributed by atoms with Crippen LogP contribution in [0.25, 0.3) is 5.78 Å². The number of amides is 1. The maximum absolute atomic E-state index is 11.8. The summed E-state index contributed by atoms with van der Waals surface area (Å²) in [6.07, 6.45) is 1.44. The molecule has 0 saturated heterocycles. The Morgan fingerprint density at radius 1 is 1.55 bits per heavy atom. The lowest BCUT2D eigenvalue weighted by Gasteiger charge is -2.19. The molecule has 2 rings (SSSR count). The highest BCUT2D eigenvalue weighted by Crippen LogP contribution is 2.13. The van der Waals surface area contributed by atoms with Gasteiger partial charge in [0.2, 0.25) is 5.91 Å². The van der Waals surface area contributed by atoms with E-state index in [0.717, 1.165) is 11.5 Å². The van der Waals surface area contributed by atoms with E-state index in [1.165, 1.54) is 6.33 Å². The first kappa shape index (κ1) is 14.2. The van der Waals surface area contributed by atoms with Gasteiger partial charge >= 0.3 is 0 Å². The van der Waals surface area contributed by atoms with Crippen LogP contribution < -0.4 is 10.2 Å². The molecule has 0 unspecified atom stereocenters. The van der Waals surface area contributed by atoms with Gasteiger partial charge in [0.1, 0.15) is 12.1 Å². The summed E-state index contributed by atoms with van der Waals surface area (Å²) in [6.45, 7) is 3.10. The zero-order valence-electron chi connectivity index (χ0n) is 11.8. The van der Waals surface area contributed by atoms with Gasteiger partial charge in [0.05, 0.1) is 13.2 Å². The summed E-state index contributed by atoms with van der Waals surface area (Å²) in [6, 6.07) is 1.87. The average Bonchev–Trinajstić information content (AvgIpc) is 2.85. The Labute approximate surface area is 116 Å². The van der Waals surface area contributed by atoms with Crippen molar-refractivity contribution in [3.05, 3.63) is 18.1 Å². The molecule has 0 aliphatic heterocycles. The van der Waals surface area contributed by atoms with Crippen molar-refractivity contribution in [3.8, 4) is 0 Å². The standard InChI is InChI=1S/C12H18N6O2/c1-9-6-11(18-12(16-9)14-8-15-18)17(2)7-10(19)13-4-5-20-3/h6,8H,4-5,7H2,1-3H3,(H,13,19). The third-order valence-corrected chi connectivity index (χ3v) is 2.76. The molecule has 0 saturated carbocycles. The Morgan fingerprint density at radius 3 is 3.10 bits per heavy atom. The zero-order valence-corrected chi connectivity index (χ0v) is 11.8. The highest BCUT2D eigenvalue weighted by molar-refractivity contribution is 5.81. The molecule has 0 atom stereocenters. The third-order valence-electron chi connectivity index (χ3n) is 2.76. The summed E-state index contributed by atoms with van der Waals surface area (Å²) in [5, 5.41) is 6.89. The van der Waals surface area contributed by atoms with Crippen LogP contribution >= 0.6 is 0 Å². The molecule has 108 valence electrons. The Bertz CT molecular complexity index is 597. The van der Waals surface area contributed by atoms with Crippen LogP contribution in [0.3, 0.4) is 0 Å². The number of hydrogen-bond acceptors (Lipinski definition) is 6. The minimum Gasteiger partial charge on any atom is -0.383 e. The molecular formula is C12H18N6O2. The number of likely N-dealkylation sites (N-methyl/N-ethyl adjacent to an activating group) is 1. The fourth-order valence-corrected chi connectivity index (χ4v) is 1.83. The molecule has 0 aliphatic rings. The minimum atomic E-state index is -0.0766. The summed E-state index contributed by atoms with van der Waals surface area (Å²) >= 11 is 0. The average molecular weight is 278 g/mol. The van der Waals surface area contributed by atoms with Crippen LogP contribution in [-0.4, -0.2) is 59.3 Å². The second-order valence-corrected chi connectivity index (χ2v) is 4.43. The lowest BCUT2D eigenvalue weighted by atomic mass is 10.4. The van der Waals surface area contributed by atoms with Crippen molar-refractivity contribution in [2.75, 3.05) is 38.8 Å². The number of rotatable bonds is 6. The number of carbonyl (C=O) groups excluding carboxylic acids is 1. The smallest absolute Gasteiger partial charge is 0.254 e. The molecule has 1 amide bonds. The number of hydrogen-bond donors (Lipinski definition) is 1. The topological polar surface area (TPSA) is 84.6 Å². The Hall–Kier alpha value is -2.22. The van der Waals surface area contributed by atoms with Crippen molar-refractivity contribution < 1.29 is 9.53 Å². The maximum atomic E-state index is 11.8. The Kier molecular flexibility index (Phi) is 4.46. The van der Waals surface area contributed by atoms with Crippen molar-refractivity contribution in [1.29, 1.82) is 0 Å². The summed E-state index contributed by atoms with van der Waals surface area (Å²) in [5.74, 6) is 1.21. The molecule has 0 aromatic carbocycles. The molecule has 20 heavy (non-hydrogen) atoms. The quantitative estimate of drug-likeness (QED) is 0.726. The zero-order chi connectivity index (χ0) is 14.5. The predicted octanol–water partition coefficient (Wildman–Crippen LogP) is -0.368. The van der Waals surface area contributed by atoms with E-state index in [4.69, 9.17) is 4.74 Å². The summed E-state index contributed by atoms with van der Waals surface area (Å²) < 4.78 is 6.49. The van der Waals surface area contributed by atoms with Crippen molar-refractivity contribution >= 4 is 17.5 Å². The monoisotopic (exact) mass is 278 g/mol. The number of aromatic nitrogens is 4. The van der Waals surface area contributed by atoms with E-state index >= 15 is 0 Å². The predicted molar refractivity (Wildman–Crippen MR) is 73.7 cm³/mol. The second-order valence-electron chi connectivity index (χ2n) is 4.43. The maximum Gasteiger partial charge on any atom is 0.254 e.